The molecule has 4 heteroatoms. The number of ether oxygens (including phenoxy) is 1. The molecule has 98 valence electrons. The van der Waals surface area contributed by atoms with Crippen molar-refractivity contribution in [2.45, 2.75) is 32.2 Å². The number of nitrogens with one attached hydrogen (secondary N) is 1. The number of carbonyl (C=O) groups is 1. The largest absolute Gasteiger partial charge is 0.493 e. The van der Waals surface area contributed by atoms with Crippen molar-refractivity contribution in [3.8, 4) is 5.75 Å². The Morgan fingerprint density at radius 3 is 3.00 bits per heavy atom. The number of amides is 1. The van der Waals surface area contributed by atoms with E-state index in [4.69, 9.17) is 4.74 Å². The third-order valence-corrected chi connectivity index (χ3v) is 3.50. The molecule has 1 atom stereocenters. The number of fused-ring (bicyclic) bond motifs is 1. The van der Waals surface area contributed by atoms with Gasteiger partial charge in [-0.25, -0.2) is 0 Å². The minimum Gasteiger partial charge on any atom is -0.493 e. The summed E-state index contributed by atoms with van der Waals surface area (Å²) in [4.78, 5) is 12.1. The fourth-order valence-electron chi connectivity index (χ4n) is 1.91. The lowest BCUT2D eigenvalue weighted by atomic mass is 9.99. The molecule has 1 aromatic rings. The number of aliphatic hydroxyl groups excluding tert-OH is 1. The molecule has 0 saturated carbocycles. The van der Waals surface area contributed by atoms with E-state index in [1.54, 1.807) is 6.07 Å². The third kappa shape index (κ3) is 2.48. The van der Waals surface area contributed by atoms with Crippen LogP contribution >= 0.6 is 0 Å². The minimum absolute atomic E-state index is 0.0662. The first-order valence-electron chi connectivity index (χ1n) is 6.27. The predicted molar refractivity (Wildman–Crippen MR) is 68.9 cm³/mol. The molecule has 1 amide bonds. The number of hydrogen-bond donors (Lipinski definition) is 2. The summed E-state index contributed by atoms with van der Waals surface area (Å²) in [6, 6.07) is 5.46. The van der Waals surface area contributed by atoms with Crippen LogP contribution in [0.25, 0.3) is 0 Å². The third-order valence-electron chi connectivity index (χ3n) is 3.50. The Balaban J connectivity index is 2.14. The van der Waals surface area contributed by atoms with E-state index in [2.05, 4.69) is 5.32 Å². The maximum Gasteiger partial charge on any atom is 0.251 e. The van der Waals surface area contributed by atoms with Crippen LogP contribution in [0, 0.1) is 0 Å². The molecule has 0 aromatic heterocycles. The minimum atomic E-state index is -0.563. The van der Waals surface area contributed by atoms with Gasteiger partial charge in [0, 0.05) is 12.0 Å². The van der Waals surface area contributed by atoms with Crippen LogP contribution < -0.4 is 10.1 Å². The van der Waals surface area contributed by atoms with E-state index in [-0.39, 0.29) is 12.5 Å². The molecule has 18 heavy (non-hydrogen) atoms. The summed E-state index contributed by atoms with van der Waals surface area (Å²) in [5.41, 5.74) is 1.13. The molecule has 4 nitrogen and oxygen atoms in total. The summed E-state index contributed by atoms with van der Waals surface area (Å²) in [7, 11) is 0. The van der Waals surface area contributed by atoms with E-state index in [0.29, 0.717) is 18.6 Å². The smallest absolute Gasteiger partial charge is 0.251 e. The zero-order chi connectivity index (χ0) is 13.2. The van der Waals surface area contributed by atoms with Crippen molar-refractivity contribution in [3.63, 3.8) is 0 Å². The van der Waals surface area contributed by atoms with E-state index in [0.717, 1.165) is 17.7 Å². The van der Waals surface area contributed by atoms with Gasteiger partial charge >= 0.3 is 0 Å². The van der Waals surface area contributed by atoms with Gasteiger partial charge in [0.1, 0.15) is 5.75 Å². The highest BCUT2D eigenvalue weighted by atomic mass is 16.5. The summed E-state index contributed by atoms with van der Waals surface area (Å²) in [5.74, 6) is 0.718. The lowest BCUT2D eigenvalue weighted by Crippen LogP contribution is -2.48. The van der Waals surface area contributed by atoms with Gasteiger partial charge in [-0.3, -0.25) is 4.79 Å². The molecule has 1 aromatic carbocycles. The van der Waals surface area contributed by atoms with Gasteiger partial charge in [-0.1, -0.05) is 6.92 Å². The average Bonchev–Trinajstić information content (AvgIpc) is 2.85. The van der Waals surface area contributed by atoms with Crippen molar-refractivity contribution < 1.29 is 14.6 Å². The normalized spacial score (nSPS) is 16.6. The number of hydrogen-bond acceptors (Lipinski definition) is 3. The number of aliphatic hydroxyl groups is 1. The predicted octanol–water partition coefficient (Wildman–Crippen LogP) is 1.51. The summed E-state index contributed by atoms with van der Waals surface area (Å²) in [6.45, 7) is 4.39. The van der Waals surface area contributed by atoms with Gasteiger partial charge in [-0.05, 0) is 37.1 Å². The van der Waals surface area contributed by atoms with Crippen LogP contribution in [-0.2, 0) is 6.42 Å². The summed E-state index contributed by atoms with van der Waals surface area (Å²) in [5, 5.41) is 12.2. The zero-order valence-corrected chi connectivity index (χ0v) is 10.8. The van der Waals surface area contributed by atoms with E-state index in [1.165, 1.54) is 0 Å². The van der Waals surface area contributed by atoms with Crippen LogP contribution in [0.1, 0.15) is 36.2 Å². The quantitative estimate of drug-likeness (QED) is 0.850. The molecule has 0 saturated heterocycles. The molecule has 0 bridgehead atoms. The second kappa shape index (κ2) is 4.98. The first-order chi connectivity index (χ1) is 8.58. The zero-order valence-electron chi connectivity index (χ0n) is 10.8. The standard InChI is InChI=1S/C14H19NO3/c1-3-14(2,9-16)15-13(17)11-4-5-12-10(8-11)6-7-18-12/h4-5,8,16H,3,6-7,9H2,1-2H3,(H,15,17). The van der Waals surface area contributed by atoms with Crippen LogP contribution in [0.2, 0.25) is 0 Å². The Morgan fingerprint density at radius 1 is 1.56 bits per heavy atom. The second-order valence-electron chi connectivity index (χ2n) is 4.95. The van der Waals surface area contributed by atoms with Crippen LogP contribution in [0.4, 0.5) is 0 Å². The lowest BCUT2D eigenvalue weighted by molar-refractivity contribution is 0.0847. The fraction of sp³-hybridized carbons (Fsp3) is 0.500. The topological polar surface area (TPSA) is 58.6 Å². The van der Waals surface area contributed by atoms with Gasteiger partial charge < -0.3 is 15.2 Å². The van der Waals surface area contributed by atoms with E-state index in [9.17, 15) is 9.90 Å². The van der Waals surface area contributed by atoms with Crippen LogP contribution in [0.5, 0.6) is 5.75 Å². The van der Waals surface area contributed by atoms with Gasteiger partial charge in [0.05, 0.1) is 18.8 Å². The van der Waals surface area contributed by atoms with E-state index in [1.807, 2.05) is 26.0 Å². The molecular weight excluding hydrogens is 230 g/mol. The highest BCUT2D eigenvalue weighted by Gasteiger charge is 2.24. The van der Waals surface area contributed by atoms with Crippen LogP contribution in [0.15, 0.2) is 18.2 Å². The summed E-state index contributed by atoms with van der Waals surface area (Å²) in [6.07, 6.45) is 1.53. The first kappa shape index (κ1) is 12.9. The monoisotopic (exact) mass is 249 g/mol. The van der Waals surface area contributed by atoms with Crippen molar-refractivity contribution in [1.82, 2.24) is 5.32 Å². The molecule has 0 radical (unpaired) electrons. The molecule has 0 fully saturated rings. The average molecular weight is 249 g/mol. The van der Waals surface area contributed by atoms with Crippen LogP contribution in [0.3, 0.4) is 0 Å². The van der Waals surface area contributed by atoms with Gasteiger partial charge in [0.15, 0.2) is 0 Å². The van der Waals surface area contributed by atoms with Gasteiger partial charge in [0.2, 0.25) is 0 Å². The summed E-state index contributed by atoms with van der Waals surface area (Å²) < 4.78 is 5.40. The fourth-order valence-corrected chi connectivity index (χ4v) is 1.91. The molecule has 0 aliphatic carbocycles. The highest BCUT2D eigenvalue weighted by molar-refractivity contribution is 5.95. The molecule has 0 spiro atoms. The van der Waals surface area contributed by atoms with Crippen molar-refractivity contribution in [2.75, 3.05) is 13.2 Å². The molecule has 1 aliphatic heterocycles. The Kier molecular flexibility index (Phi) is 3.57. The second-order valence-corrected chi connectivity index (χ2v) is 4.95. The number of rotatable bonds is 4. The molecule has 2 rings (SSSR count). The van der Waals surface area contributed by atoms with E-state index < -0.39 is 5.54 Å². The molecular formula is C14H19NO3. The molecule has 1 heterocycles. The highest BCUT2D eigenvalue weighted by Crippen LogP contribution is 2.26. The van der Waals surface area contributed by atoms with Gasteiger partial charge in [-0.15, -0.1) is 0 Å². The number of carbonyl (C=O) groups excluding carboxylic acids is 1. The van der Waals surface area contributed by atoms with Gasteiger partial charge in [0.25, 0.3) is 5.91 Å². The van der Waals surface area contributed by atoms with Crippen molar-refractivity contribution in [3.05, 3.63) is 29.3 Å². The number of benzene rings is 1. The SMILES string of the molecule is CCC(C)(CO)NC(=O)c1ccc2c(c1)CCO2. The Bertz CT molecular complexity index is 452. The molecule has 1 unspecified atom stereocenters. The molecule has 2 N–H and O–H groups in total. The Morgan fingerprint density at radius 2 is 2.33 bits per heavy atom. The maximum atomic E-state index is 12.1. The Hall–Kier alpha value is -1.55. The lowest BCUT2D eigenvalue weighted by Gasteiger charge is -2.27. The summed E-state index contributed by atoms with van der Waals surface area (Å²) >= 11 is 0. The van der Waals surface area contributed by atoms with Crippen molar-refractivity contribution in [2.24, 2.45) is 0 Å². The van der Waals surface area contributed by atoms with Gasteiger partial charge in [-0.2, -0.15) is 0 Å². The Labute approximate surface area is 107 Å². The van der Waals surface area contributed by atoms with Crippen molar-refractivity contribution in [1.29, 1.82) is 0 Å². The maximum absolute atomic E-state index is 12.1. The molecule has 1 aliphatic rings. The van der Waals surface area contributed by atoms with Crippen molar-refractivity contribution >= 4 is 5.91 Å². The first-order valence-corrected chi connectivity index (χ1v) is 6.27. The van der Waals surface area contributed by atoms with E-state index >= 15 is 0 Å². The van der Waals surface area contributed by atoms with Crippen LogP contribution in [-0.4, -0.2) is 29.8 Å².